The summed E-state index contributed by atoms with van der Waals surface area (Å²) < 4.78 is 1.63. The first-order valence-electron chi connectivity index (χ1n) is 8.31. The van der Waals surface area contributed by atoms with E-state index in [9.17, 15) is 4.79 Å². The normalized spacial score (nSPS) is 19.7. The van der Waals surface area contributed by atoms with Gasteiger partial charge in [0.1, 0.15) is 0 Å². The van der Waals surface area contributed by atoms with Crippen LogP contribution in [-0.4, -0.2) is 50.7 Å². The molecule has 1 aliphatic carbocycles. The highest BCUT2D eigenvalue weighted by molar-refractivity contribution is 5.97. The summed E-state index contributed by atoms with van der Waals surface area (Å²) in [5, 5.41) is 7.35. The molecule has 6 heteroatoms. The molecule has 2 aromatic heterocycles. The van der Waals surface area contributed by atoms with Crippen LogP contribution in [-0.2, 0) is 0 Å². The topological polar surface area (TPSA) is 63.1 Å². The third-order valence-corrected chi connectivity index (χ3v) is 4.68. The largest absolute Gasteiger partial charge is 0.349 e. The van der Waals surface area contributed by atoms with Gasteiger partial charge in [-0.3, -0.25) is 4.79 Å². The van der Waals surface area contributed by atoms with Crippen LogP contribution in [0.3, 0.4) is 0 Å². The molecule has 0 atom stereocenters. The Kier molecular flexibility index (Phi) is 3.83. The molecule has 120 valence electrons. The molecule has 2 aromatic rings. The van der Waals surface area contributed by atoms with Crippen molar-refractivity contribution in [3.8, 4) is 5.82 Å². The number of aromatic nitrogens is 3. The fraction of sp³-hybridized carbons (Fsp3) is 0.471. The first-order chi connectivity index (χ1) is 11.3. The molecule has 4 rings (SSSR count). The standard InChI is InChI=1S/C17H21N5O/c23-17(20-13-6-11-21(12-7-13)14-4-5-14)15-3-1-8-18-16(15)22-10-2-9-19-22/h1-3,8-10,13-14H,4-7,11-12H2,(H,20,23). The van der Waals surface area contributed by atoms with E-state index in [0.29, 0.717) is 11.4 Å². The Morgan fingerprint density at radius 3 is 2.65 bits per heavy atom. The second kappa shape index (κ2) is 6.12. The fourth-order valence-electron chi connectivity index (χ4n) is 3.26. The summed E-state index contributed by atoms with van der Waals surface area (Å²) >= 11 is 0. The van der Waals surface area contributed by atoms with Gasteiger partial charge in [-0.15, -0.1) is 0 Å². The summed E-state index contributed by atoms with van der Waals surface area (Å²) in [6, 6.07) is 6.49. The van der Waals surface area contributed by atoms with Gasteiger partial charge in [-0.2, -0.15) is 5.10 Å². The zero-order chi connectivity index (χ0) is 15.6. The number of carbonyl (C=O) groups excluding carboxylic acids is 1. The molecule has 1 amide bonds. The van der Waals surface area contributed by atoms with Gasteiger partial charge in [-0.25, -0.2) is 9.67 Å². The van der Waals surface area contributed by atoms with Crippen molar-refractivity contribution in [2.24, 2.45) is 0 Å². The molecule has 0 unspecified atom stereocenters. The molecule has 1 saturated carbocycles. The van der Waals surface area contributed by atoms with Crippen LogP contribution in [0.1, 0.15) is 36.0 Å². The van der Waals surface area contributed by atoms with Crippen molar-refractivity contribution >= 4 is 5.91 Å². The van der Waals surface area contributed by atoms with E-state index in [1.54, 1.807) is 35.4 Å². The number of rotatable bonds is 4. The molecule has 1 aliphatic heterocycles. The first kappa shape index (κ1) is 14.4. The molecule has 1 saturated heterocycles. The Morgan fingerprint density at radius 2 is 1.96 bits per heavy atom. The third kappa shape index (κ3) is 3.12. The minimum Gasteiger partial charge on any atom is -0.349 e. The van der Waals surface area contributed by atoms with Crippen LogP contribution >= 0.6 is 0 Å². The quantitative estimate of drug-likeness (QED) is 0.932. The summed E-state index contributed by atoms with van der Waals surface area (Å²) in [5.41, 5.74) is 0.570. The smallest absolute Gasteiger partial charge is 0.255 e. The molecule has 1 N–H and O–H groups in total. The number of piperidine rings is 1. The SMILES string of the molecule is O=C(NC1CCN(C2CC2)CC1)c1cccnc1-n1cccn1. The van der Waals surface area contributed by atoms with E-state index < -0.39 is 0 Å². The zero-order valence-electron chi connectivity index (χ0n) is 13.1. The maximum absolute atomic E-state index is 12.7. The van der Waals surface area contributed by atoms with E-state index in [1.807, 2.05) is 6.07 Å². The number of nitrogens with zero attached hydrogens (tertiary/aromatic N) is 4. The Labute approximate surface area is 135 Å². The minimum atomic E-state index is -0.0616. The predicted octanol–water partition coefficient (Wildman–Crippen LogP) is 1.62. The molecular weight excluding hydrogens is 290 g/mol. The van der Waals surface area contributed by atoms with Crippen molar-refractivity contribution in [2.75, 3.05) is 13.1 Å². The van der Waals surface area contributed by atoms with E-state index in [0.717, 1.165) is 32.0 Å². The van der Waals surface area contributed by atoms with E-state index >= 15 is 0 Å². The lowest BCUT2D eigenvalue weighted by Gasteiger charge is -2.32. The Bertz CT molecular complexity index is 672. The van der Waals surface area contributed by atoms with E-state index in [2.05, 4.69) is 20.3 Å². The Balaban J connectivity index is 1.43. The van der Waals surface area contributed by atoms with Crippen LogP contribution in [0, 0.1) is 0 Å². The lowest BCUT2D eigenvalue weighted by Crippen LogP contribution is -2.45. The number of nitrogens with one attached hydrogen (secondary N) is 1. The third-order valence-electron chi connectivity index (χ3n) is 4.68. The summed E-state index contributed by atoms with van der Waals surface area (Å²) in [5.74, 6) is 0.513. The monoisotopic (exact) mass is 311 g/mol. The van der Waals surface area contributed by atoms with Gasteiger partial charge in [0.25, 0.3) is 5.91 Å². The van der Waals surface area contributed by atoms with Crippen LogP contribution in [0.2, 0.25) is 0 Å². The highest BCUT2D eigenvalue weighted by atomic mass is 16.1. The average molecular weight is 311 g/mol. The zero-order valence-corrected chi connectivity index (χ0v) is 13.1. The van der Waals surface area contributed by atoms with Gasteiger partial charge in [-0.1, -0.05) is 0 Å². The maximum Gasteiger partial charge on any atom is 0.255 e. The Morgan fingerprint density at radius 1 is 1.13 bits per heavy atom. The first-order valence-corrected chi connectivity index (χ1v) is 8.31. The van der Waals surface area contributed by atoms with Crippen LogP contribution in [0.25, 0.3) is 5.82 Å². The van der Waals surface area contributed by atoms with Crippen molar-refractivity contribution in [3.63, 3.8) is 0 Å². The van der Waals surface area contributed by atoms with Gasteiger partial charge in [0.2, 0.25) is 0 Å². The summed E-state index contributed by atoms with van der Waals surface area (Å²) in [6.07, 6.45) is 9.91. The second-order valence-corrected chi connectivity index (χ2v) is 6.34. The number of likely N-dealkylation sites (tertiary alicyclic amines) is 1. The lowest BCUT2D eigenvalue weighted by atomic mass is 10.0. The fourth-order valence-corrected chi connectivity index (χ4v) is 3.26. The van der Waals surface area contributed by atoms with Gasteiger partial charge in [0.15, 0.2) is 5.82 Å². The van der Waals surface area contributed by atoms with Gasteiger partial charge < -0.3 is 10.2 Å². The van der Waals surface area contributed by atoms with Crippen molar-refractivity contribution in [1.29, 1.82) is 0 Å². The van der Waals surface area contributed by atoms with Crippen molar-refractivity contribution < 1.29 is 4.79 Å². The number of carbonyl (C=O) groups is 1. The number of pyridine rings is 1. The van der Waals surface area contributed by atoms with Crippen LogP contribution in [0.15, 0.2) is 36.8 Å². The highest BCUT2D eigenvalue weighted by Gasteiger charge is 2.32. The van der Waals surface area contributed by atoms with Crippen LogP contribution in [0.5, 0.6) is 0 Å². The lowest BCUT2D eigenvalue weighted by molar-refractivity contribution is 0.0908. The van der Waals surface area contributed by atoms with Crippen LogP contribution < -0.4 is 5.32 Å². The molecule has 0 bridgehead atoms. The molecule has 0 spiro atoms. The number of amides is 1. The second-order valence-electron chi connectivity index (χ2n) is 6.34. The predicted molar refractivity (Wildman–Crippen MR) is 86.4 cm³/mol. The maximum atomic E-state index is 12.7. The highest BCUT2D eigenvalue weighted by Crippen LogP contribution is 2.29. The van der Waals surface area contributed by atoms with Crippen molar-refractivity contribution in [2.45, 2.75) is 37.8 Å². The van der Waals surface area contributed by atoms with Gasteiger partial charge >= 0.3 is 0 Å². The molecule has 23 heavy (non-hydrogen) atoms. The molecule has 3 heterocycles. The van der Waals surface area contributed by atoms with Crippen LogP contribution in [0.4, 0.5) is 0 Å². The Hall–Kier alpha value is -2.21. The minimum absolute atomic E-state index is 0.0616. The van der Waals surface area contributed by atoms with E-state index in [1.165, 1.54) is 12.8 Å². The van der Waals surface area contributed by atoms with Gasteiger partial charge in [0, 0.05) is 43.8 Å². The summed E-state index contributed by atoms with van der Waals surface area (Å²) in [7, 11) is 0. The number of hydrogen-bond acceptors (Lipinski definition) is 4. The summed E-state index contributed by atoms with van der Waals surface area (Å²) in [4.78, 5) is 19.5. The van der Waals surface area contributed by atoms with Crippen molar-refractivity contribution in [3.05, 3.63) is 42.4 Å². The molecular formula is C17H21N5O. The summed E-state index contributed by atoms with van der Waals surface area (Å²) in [6.45, 7) is 2.18. The molecule has 2 fully saturated rings. The van der Waals surface area contributed by atoms with Gasteiger partial charge in [-0.05, 0) is 43.9 Å². The number of hydrogen-bond donors (Lipinski definition) is 1. The van der Waals surface area contributed by atoms with Gasteiger partial charge in [0.05, 0.1) is 5.56 Å². The average Bonchev–Trinajstić information content (AvgIpc) is 3.30. The molecule has 0 aromatic carbocycles. The molecule has 6 nitrogen and oxygen atoms in total. The van der Waals surface area contributed by atoms with Crippen molar-refractivity contribution in [1.82, 2.24) is 25.0 Å². The van der Waals surface area contributed by atoms with E-state index in [4.69, 9.17) is 0 Å². The van der Waals surface area contributed by atoms with E-state index in [-0.39, 0.29) is 11.9 Å². The molecule has 2 aliphatic rings. The molecule has 0 radical (unpaired) electrons.